The van der Waals surface area contributed by atoms with Crippen molar-refractivity contribution in [3.63, 3.8) is 0 Å². The molecule has 5 nitrogen and oxygen atoms in total. The summed E-state index contributed by atoms with van der Waals surface area (Å²) in [6.07, 6.45) is 4.06. The van der Waals surface area contributed by atoms with E-state index in [1.165, 1.54) is 0 Å². The summed E-state index contributed by atoms with van der Waals surface area (Å²) in [5, 5.41) is 12.3. The lowest BCUT2D eigenvalue weighted by molar-refractivity contribution is -0.146. The van der Waals surface area contributed by atoms with Crippen LogP contribution in [0.25, 0.3) is 0 Å². The molecule has 2 aliphatic carbocycles. The second-order valence-corrected chi connectivity index (χ2v) is 5.88. The van der Waals surface area contributed by atoms with Crippen LogP contribution in [-0.4, -0.2) is 35.2 Å². The monoisotopic (exact) mass is 269 g/mol. The number of hydrogen-bond donors (Lipinski definition) is 2. The average Bonchev–Trinajstić information content (AvgIpc) is 3.08. The summed E-state index contributed by atoms with van der Waals surface area (Å²) in [5.74, 6) is -1.42. The minimum absolute atomic E-state index is 0.0282. The molecule has 2 aliphatic rings. The minimum Gasteiger partial charge on any atom is -0.481 e. The molecule has 0 aliphatic heterocycles. The molecule has 4 atom stereocenters. The highest BCUT2D eigenvalue weighted by Gasteiger charge is 2.48. The van der Waals surface area contributed by atoms with E-state index in [-0.39, 0.29) is 17.9 Å². The number of carboxylic acid groups (broad SMARTS) is 1. The molecule has 0 bridgehead atoms. The lowest BCUT2D eigenvalue weighted by Crippen LogP contribution is -2.56. The predicted molar refractivity (Wildman–Crippen MR) is 69.7 cm³/mol. The Hall–Kier alpha value is -1.10. The van der Waals surface area contributed by atoms with E-state index in [1.807, 2.05) is 13.8 Å². The van der Waals surface area contributed by atoms with Crippen molar-refractivity contribution in [2.45, 2.75) is 57.6 Å². The standard InChI is InChI=1S/C14H23NO4/c1-3-19-11-8-9(11)12(16)15-14(2)7-5-4-6-10(14)13(17)18/h9-11H,3-8H2,1-2H3,(H,15,16)(H,17,18). The van der Waals surface area contributed by atoms with E-state index in [0.717, 1.165) is 25.7 Å². The van der Waals surface area contributed by atoms with E-state index < -0.39 is 17.4 Å². The van der Waals surface area contributed by atoms with Crippen LogP contribution in [0.4, 0.5) is 0 Å². The first-order chi connectivity index (χ1) is 8.98. The predicted octanol–water partition coefficient (Wildman–Crippen LogP) is 1.56. The van der Waals surface area contributed by atoms with Crippen molar-refractivity contribution < 1.29 is 19.4 Å². The van der Waals surface area contributed by atoms with Gasteiger partial charge < -0.3 is 15.2 Å². The third-order valence-corrected chi connectivity index (χ3v) is 4.36. The highest BCUT2D eigenvalue weighted by Crippen LogP contribution is 2.38. The Morgan fingerprint density at radius 1 is 1.42 bits per heavy atom. The van der Waals surface area contributed by atoms with Gasteiger partial charge in [0.15, 0.2) is 0 Å². The lowest BCUT2D eigenvalue weighted by Gasteiger charge is -2.39. The van der Waals surface area contributed by atoms with Crippen LogP contribution in [-0.2, 0) is 14.3 Å². The second kappa shape index (κ2) is 5.49. The molecule has 4 unspecified atom stereocenters. The van der Waals surface area contributed by atoms with E-state index >= 15 is 0 Å². The summed E-state index contributed by atoms with van der Waals surface area (Å²) in [6, 6.07) is 0. The summed E-state index contributed by atoms with van der Waals surface area (Å²) in [5.41, 5.74) is -0.611. The summed E-state index contributed by atoms with van der Waals surface area (Å²) < 4.78 is 5.41. The van der Waals surface area contributed by atoms with Crippen molar-refractivity contribution >= 4 is 11.9 Å². The molecule has 0 heterocycles. The molecule has 0 aromatic rings. The van der Waals surface area contributed by atoms with Crippen LogP contribution in [0.1, 0.15) is 46.0 Å². The van der Waals surface area contributed by atoms with Gasteiger partial charge in [-0.2, -0.15) is 0 Å². The molecule has 0 radical (unpaired) electrons. The quantitative estimate of drug-likeness (QED) is 0.794. The molecule has 0 aromatic heterocycles. The van der Waals surface area contributed by atoms with Gasteiger partial charge in [0.2, 0.25) is 5.91 Å². The summed E-state index contributed by atoms with van der Waals surface area (Å²) in [7, 11) is 0. The molecule has 19 heavy (non-hydrogen) atoms. The molecule has 2 rings (SSSR count). The topological polar surface area (TPSA) is 75.6 Å². The van der Waals surface area contributed by atoms with E-state index in [0.29, 0.717) is 13.0 Å². The van der Waals surface area contributed by atoms with Gasteiger partial charge in [-0.15, -0.1) is 0 Å². The molecule has 1 amide bonds. The summed E-state index contributed by atoms with van der Waals surface area (Å²) in [6.45, 7) is 4.39. The first kappa shape index (κ1) is 14.3. The van der Waals surface area contributed by atoms with Crippen LogP contribution >= 0.6 is 0 Å². The Balaban J connectivity index is 1.96. The smallest absolute Gasteiger partial charge is 0.308 e. The SMILES string of the molecule is CCOC1CC1C(=O)NC1(C)CCCCC1C(=O)O. The van der Waals surface area contributed by atoms with Gasteiger partial charge >= 0.3 is 5.97 Å². The Morgan fingerprint density at radius 3 is 2.79 bits per heavy atom. The van der Waals surface area contributed by atoms with E-state index in [9.17, 15) is 14.7 Å². The number of aliphatic carboxylic acids is 1. The molecule has 2 saturated carbocycles. The van der Waals surface area contributed by atoms with Crippen molar-refractivity contribution in [3.05, 3.63) is 0 Å². The fourth-order valence-electron chi connectivity index (χ4n) is 3.10. The first-order valence-corrected chi connectivity index (χ1v) is 7.14. The number of hydrogen-bond acceptors (Lipinski definition) is 3. The van der Waals surface area contributed by atoms with Crippen molar-refractivity contribution in [3.8, 4) is 0 Å². The molecular formula is C14H23NO4. The van der Waals surface area contributed by atoms with E-state index in [2.05, 4.69) is 5.32 Å². The maximum atomic E-state index is 12.1. The van der Waals surface area contributed by atoms with E-state index in [4.69, 9.17) is 4.74 Å². The lowest BCUT2D eigenvalue weighted by atomic mass is 9.74. The fraction of sp³-hybridized carbons (Fsp3) is 0.857. The zero-order valence-electron chi connectivity index (χ0n) is 11.6. The van der Waals surface area contributed by atoms with Gasteiger partial charge in [-0.05, 0) is 33.1 Å². The number of nitrogens with one attached hydrogen (secondary N) is 1. The van der Waals surface area contributed by atoms with Crippen molar-refractivity contribution in [1.29, 1.82) is 0 Å². The van der Waals surface area contributed by atoms with Crippen molar-refractivity contribution in [2.24, 2.45) is 11.8 Å². The van der Waals surface area contributed by atoms with Gasteiger partial charge in [0, 0.05) is 6.61 Å². The Bertz CT molecular complexity index is 370. The zero-order chi connectivity index (χ0) is 14.0. The maximum absolute atomic E-state index is 12.1. The summed E-state index contributed by atoms with van der Waals surface area (Å²) in [4.78, 5) is 23.5. The molecule has 108 valence electrons. The molecular weight excluding hydrogens is 246 g/mol. The minimum atomic E-state index is -0.806. The number of amides is 1. The van der Waals surface area contributed by atoms with Gasteiger partial charge in [-0.1, -0.05) is 12.8 Å². The van der Waals surface area contributed by atoms with Crippen LogP contribution < -0.4 is 5.32 Å². The van der Waals surface area contributed by atoms with Crippen LogP contribution in [0.3, 0.4) is 0 Å². The van der Waals surface area contributed by atoms with Gasteiger partial charge in [0.05, 0.1) is 23.5 Å². The third-order valence-electron chi connectivity index (χ3n) is 4.36. The summed E-state index contributed by atoms with van der Waals surface area (Å²) >= 11 is 0. The number of ether oxygens (including phenoxy) is 1. The van der Waals surface area contributed by atoms with Crippen LogP contribution in [0.15, 0.2) is 0 Å². The Morgan fingerprint density at radius 2 is 2.16 bits per heavy atom. The highest BCUT2D eigenvalue weighted by molar-refractivity contribution is 5.84. The molecule has 0 spiro atoms. The van der Waals surface area contributed by atoms with Gasteiger partial charge in [-0.25, -0.2) is 0 Å². The van der Waals surface area contributed by atoms with E-state index in [1.54, 1.807) is 0 Å². The van der Waals surface area contributed by atoms with Crippen LogP contribution in [0.2, 0.25) is 0 Å². The highest BCUT2D eigenvalue weighted by atomic mass is 16.5. The molecule has 2 fully saturated rings. The Labute approximate surface area is 113 Å². The number of rotatable bonds is 5. The fourth-order valence-corrected chi connectivity index (χ4v) is 3.10. The first-order valence-electron chi connectivity index (χ1n) is 7.14. The molecule has 0 saturated heterocycles. The van der Waals surface area contributed by atoms with Gasteiger partial charge in [0.1, 0.15) is 0 Å². The Kier molecular flexibility index (Phi) is 4.13. The third kappa shape index (κ3) is 3.08. The zero-order valence-corrected chi connectivity index (χ0v) is 11.6. The molecule has 5 heteroatoms. The normalized spacial score (nSPS) is 37.7. The van der Waals surface area contributed by atoms with Crippen molar-refractivity contribution in [1.82, 2.24) is 5.32 Å². The number of carbonyl (C=O) groups is 2. The largest absolute Gasteiger partial charge is 0.481 e. The van der Waals surface area contributed by atoms with Gasteiger partial charge in [-0.3, -0.25) is 9.59 Å². The van der Waals surface area contributed by atoms with Crippen LogP contribution in [0.5, 0.6) is 0 Å². The second-order valence-electron chi connectivity index (χ2n) is 5.88. The molecule has 0 aromatic carbocycles. The number of carboxylic acids is 1. The average molecular weight is 269 g/mol. The van der Waals surface area contributed by atoms with Crippen LogP contribution in [0, 0.1) is 11.8 Å². The molecule has 2 N–H and O–H groups in total. The van der Waals surface area contributed by atoms with Gasteiger partial charge in [0.25, 0.3) is 0 Å². The number of carbonyl (C=O) groups excluding carboxylic acids is 1. The van der Waals surface area contributed by atoms with Crippen molar-refractivity contribution in [2.75, 3.05) is 6.61 Å². The maximum Gasteiger partial charge on any atom is 0.308 e.